The number of non-ortho nitro benzene ring substituents is 1. The number of nitrogens with zero attached hydrogens (tertiary/aromatic N) is 1. The minimum atomic E-state index is -0.682. The van der Waals surface area contributed by atoms with Crippen molar-refractivity contribution >= 4 is 40.9 Å². The van der Waals surface area contributed by atoms with Gasteiger partial charge in [-0.1, -0.05) is 23.7 Å². The Morgan fingerprint density at radius 3 is 2.56 bits per heavy atom. The molecule has 0 bridgehead atoms. The number of rotatable bonds is 6. The summed E-state index contributed by atoms with van der Waals surface area (Å²) in [5.74, 6) is -1.24. The van der Waals surface area contributed by atoms with Gasteiger partial charge in [-0.25, -0.2) is 4.79 Å². The van der Waals surface area contributed by atoms with E-state index in [4.69, 9.17) is 16.3 Å². The minimum absolute atomic E-state index is 0.0874. The van der Waals surface area contributed by atoms with Crippen LogP contribution < -0.4 is 5.32 Å². The molecule has 8 heteroatoms. The van der Waals surface area contributed by atoms with Crippen LogP contribution in [-0.2, 0) is 14.3 Å². The molecule has 0 spiro atoms. The van der Waals surface area contributed by atoms with Crippen molar-refractivity contribution in [2.75, 3.05) is 11.9 Å². The summed E-state index contributed by atoms with van der Waals surface area (Å²) in [6, 6.07) is 12.2. The highest BCUT2D eigenvalue weighted by Crippen LogP contribution is 2.15. The summed E-state index contributed by atoms with van der Waals surface area (Å²) in [6.07, 6.45) is 2.70. The Balaban J connectivity index is 1.81. The lowest BCUT2D eigenvalue weighted by atomic mass is 10.2. The smallest absolute Gasteiger partial charge is 0.331 e. The molecule has 0 aliphatic carbocycles. The normalized spacial score (nSPS) is 10.4. The molecule has 0 atom stereocenters. The third-order valence-corrected chi connectivity index (χ3v) is 3.20. The van der Waals surface area contributed by atoms with Crippen molar-refractivity contribution in [1.82, 2.24) is 0 Å². The molecule has 0 aliphatic heterocycles. The van der Waals surface area contributed by atoms with Crippen LogP contribution in [-0.4, -0.2) is 23.4 Å². The molecule has 7 nitrogen and oxygen atoms in total. The van der Waals surface area contributed by atoms with Crippen LogP contribution in [0, 0.1) is 10.1 Å². The molecule has 0 unspecified atom stereocenters. The Labute approximate surface area is 148 Å². The Morgan fingerprint density at radius 2 is 1.92 bits per heavy atom. The molecule has 128 valence electrons. The molecule has 0 fully saturated rings. The van der Waals surface area contributed by atoms with Crippen molar-refractivity contribution in [3.63, 3.8) is 0 Å². The zero-order valence-electron chi connectivity index (χ0n) is 12.8. The largest absolute Gasteiger partial charge is 0.452 e. The third kappa shape index (κ3) is 6.08. The number of carbonyl (C=O) groups is 2. The maximum Gasteiger partial charge on any atom is 0.331 e. The maximum atomic E-state index is 11.7. The number of ether oxygens (including phenoxy) is 1. The van der Waals surface area contributed by atoms with E-state index < -0.39 is 23.4 Å². The Kier molecular flexibility index (Phi) is 6.25. The van der Waals surface area contributed by atoms with Gasteiger partial charge in [0.15, 0.2) is 6.61 Å². The van der Waals surface area contributed by atoms with E-state index in [1.165, 1.54) is 36.4 Å². The van der Waals surface area contributed by atoms with Crippen molar-refractivity contribution in [2.24, 2.45) is 0 Å². The molecule has 1 amide bonds. The summed E-state index contributed by atoms with van der Waals surface area (Å²) >= 11 is 5.83. The number of anilines is 1. The van der Waals surface area contributed by atoms with Crippen LogP contribution in [0.3, 0.4) is 0 Å². The number of halogens is 1. The van der Waals surface area contributed by atoms with E-state index in [0.29, 0.717) is 10.7 Å². The molecule has 2 aromatic rings. The van der Waals surface area contributed by atoms with Crippen LogP contribution in [0.15, 0.2) is 54.6 Å². The molecule has 0 saturated carbocycles. The van der Waals surface area contributed by atoms with Crippen LogP contribution in [0.25, 0.3) is 6.08 Å². The third-order valence-electron chi connectivity index (χ3n) is 2.97. The average Bonchev–Trinajstić information content (AvgIpc) is 2.58. The van der Waals surface area contributed by atoms with E-state index in [1.54, 1.807) is 24.3 Å². The first-order chi connectivity index (χ1) is 11.9. The number of nitro benzene ring substituents is 1. The number of benzene rings is 2. The van der Waals surface area contributed by atoms with E-state index >= 15 is 0 Å². The number of amides is 1. The van der Waals surface area contributed by atoms with Crippen LogP contribution in [0.2, 0.25) is 5.02 Å². The van der Waals surface area contributed by atoms with Gasteiger partial charge in [0.05, 0.1) is 4.92 Å². The van der Waals surface area contributed by atoms with Crippen LogP contribution in [0.1, 0.15) is 5.56 Å². The second-order valence-electron chi connectivity index (χ2n) is 4.85. The Morgan fingerprint density at radius 1 is 1.20 bits per heavy atom. The fourth-order valence-electron chi connectivity index (χ4n) is 1.82. The van der Waals surface area contributed by atoms with Crippen LogP contribution in [0.4, 0.5) is 11.4 Å². The molecular formula is C17H13ClN2O5. The van der Waals surface area contributed by atoms with Crippen LogP contribution >= 0.6 is 11.6 Å². The summed E-state index contributed by atoms with van der Waals surface area (Å²) in [6.45, 7) is -0.476. The number of carbonyl (C=O) groups excluding carboxylic acids is 2. The lowest BCUT2D eigenvalue weighted by molar-refractivity contribution is -0.384. The SMILES string of the molecule is O=C(COC(=O)/C=C/c1cccc(Cl)c1)Nc1ccc([N+](=O)[O-])cc1. The maximum absolute atomic E-state index is 11.7. The van der Waals surface area contributed by atoms with E-state index in [9.17, 15) is 19.7 Å². The second kappa shape index (κ2) is 8.60. The quantitative estimate of drug-likeness (QED) is 0.368. The van der Waals surface area contributed by atoms with Gasteiger partial charge >= 0.3 is 5.97 Å². The molecule has 0 heterocycles. The van der Waals surface area contributed by atoms with E-state index in [0.717, 1.165) is 5.56 Å². The number of nitro groups is 1. The molecule has 0 aliphatic rings. The Hall–Kier alpha value is -3.19. The number of esters is 1. The van der Waals surface area contributed by atoms with Gasteiger partial charge in [0.2, 0.25) is 0 Å². The average molecular weight is 361 g/mol. The lowest BCUT2D eigenvalue weighted by Crippen LogP contribution is -2.20. The predicted molar refractivity (Wildman–Crippen MR) is 93.2 cm³/mol. The van der Waals surface area contributed by atoms with Crippen molar-refractivity contribution < 1.29 is 19.2 Å². The number of hydrogen-bond donors (Lipinski definition) is 1. The topological polar surface area (TPSA) is 98.5 Å². The highest BCUT2D eigenvalue weighted by molar-refractivity contribution is 6.30. The molecule has 0 radical (unpaired) electrons. The molecule has 25 heavy (non-hydrogen) atoms. The first kappa shape index (κ1) is 18.2. The van der Waals surface area contributed by atoms with Gasteiger partial charge in [-0.3, -0.25) is 14.9 Å². The molecule has 1 N–H and O–H groups in total. The van der Waals surface area contributed by atoms with Crippen molar-refractivity contribution in [1.29, 1.82) is 0 Å². The highest BCUT2D eigenvalue weighted by Gasteiger charge is 2.08. The molecular weight excluding hydrogens is 348 g/mol. The van der Waals surface area contributed by atoms with E-state index in [-0.39, 0.29) is 5.69 Å². The van der Waals surface area contributed by atoms with Gasteiger partial charge < -0.3 is 10.1 Å². The zero-order valence-corrected chi connectivity index (χ0v) is 13.6. The summed E-state index contributed by atoms with van der Waals surface area (Å²) in [7, 11) is 0. The predicted octanol–water partition coefficient (Wildman–Crippen LogP) is 3.44. The second-order valence-corrected chi connectivity index (χ2v) is 5.28. The van der Waals surface area contributed by atoms with Crippen molar-refractivity contribution in [2.45, 2.75) is 0 Å². The lowest BCUT2D eigenvalue weighted by Gasteiger charge is -2.05. The number of hydrogen-bond acceptors (Lipinski definition) is 5. The van der Waals surface area contributed by atoms with Crippen LogP contribution in [0.5, 0.6) is 0 Å². The molecule has 0 aromatic heterocycles. The van der Waals surface area contributed by atoms with Gasteiger partial charge in [-0.15, -0.1) is 0 Å². The van der Waals surface area contributed by atoms with Gasteiger partial charge in [0.25, 0.3) is 11.6 Å². The first-order valence-corrected chi connectivity index (χ1v) is 7.46. The Bertz CT molecular complexity index is 818. The van der Waals surface area contributed by atoms with Gasteiger partial charge in [-0.05, 0) is 35.9 Å². The summed E-state index contributed by atoms with van der Waals surface area (Å²) in [4.78, 5) is 33.3. The summed E-state index contributed by atoms with van der Waals surface area (Å²) in [5.41, 5.74) is 0.997. The standard InChI is InChI=1S/C17H13ClN2O5/c18-13-3-1-2-12(10-13)4-9-17(22)25-11-16(21)19-14-5-7-15(8-6-14)20(23)24/h1-10H,11H2,(H,19,21)/b9-4+. The van der Waals surface area contributed by atoms with Gasteiger partial charge in [0.1, 0.15) is 0 Å². The van der Waals surface area contributed by atoms with Gasteiger partial charge in [0, 0.05) is 28.9 Å². The van der Waals surface area contributed by atoms with E-state index in [1.807, 2.05) is 0 Å². The zero-order chi connectivity index (χ0) is 18.2. The summed E-state index contributed by atoms with van der Waals surface area (Å²) < 4.78 is 4.81. The summed E-state index contributed by atoms with van der Waals surface area (Å²) in [5, 5.41) is 13.5. The van der Waals surface area contributed by atoms with Crippen molar-refractivity contribution in [3.05, 3.63) is 75.3 Å². The first-order valence-electron chi connectivity index (χ1n) is 7.09. The monoisotopic (exact) mass is 360 g/mol. The molecule has 2 rings (SSSR count). The molecule has 2 aromatic carbocycles. The highest BCUT2D eigenvalue weighted by atomic mass is 35.5. The fraction of sp³-hybridized carbons (Fsp3) is 0.0588. The van der Waals surface area contributed by atoms with Crippen molar-refractivity contribution in [3.8, 4) is 0 Å². The van der Waals surface area contributed by atoms with Gasteiger partial charge in [-0.2, -0.15) is 0 Å². The fourth-order valence-corrected chi connectivity index (χ4v) is 2.02. The van der Waals surface area contributed by atoms with E-state index in [2.05, 4.69) is 5.32 Å². The minimum Gasteiger partial charge on any atom is -0.452 e. The molecule has 0 saturated heterocycles. The number of nitrogens with one attached hydrogen (secondary N) is 1.